The standard InChI is InChI=1S/C45H61N5O8/c1-46(2)40-16-8-36(9-17-40)32-49(34-38-12-20-42(53-6)21-13-38)44(51)57-30-28-55-26-24-48(5)25-27-56-29-31-58-45(52)50(35-39-14-22-43(54-7)23-15-39)33-37-10-18-41(19-11-37)47(3)4/h8-23H,24-35H2,1-7H3. The third-order valence-electron chi connectivity index (χ3n) is 9.37. The molecule has 0 aromatic heterocycles. The van der Waals surface area contributed by atoms with Crippen LogP contribution in [0.15, 0.2) is 97.1 Å². The molecule has 0 N–H and O–H groups in total. The first kappa shape index (κ1) is 45.2. The molecule has 2 amide bonds. The van der Waals surface area contributed by atoms with E-state index in [0.717, 1.165) is 45.1 Å². The minimum absolute atomic E-state index is 0.142. The Morgan fingerprint density at radius 1 is 0.431 bits per heavy atom. The topological polar surface area (TPSA) is 106 Å². The van der Waals surface area contributed by atoms with Crippen LogP contribution in [0.25, 0.3) is 0 Å². The number of nitrogens with zero attached hydrogens (tertiary/aromatic N) is 5. The zero-order valence-corrected chi connectivity index (χ0v) is 35.2. The Bertz CT molecular complexity index is 1640. The van der Waals surface area contributed by atoms with Crippen molar-refractivity contribution in [2.75, 3.05) is 112 Å². The van der Waals surface area contributed by atoms with Crippen molar-refractivity contribution in [3.63, 3.8) is 0 Å². The third kappa shape index (κ3) is 15.8. The Labute approximate surface area is 344 Å². The van der Waals surface area contributed by atoms with Gasteiger partial charge in [0, 0.05) is 78.8 Å². The molecule has 0 atom stereocenters. The molecule has 4 aromatic rings. The largest absolute Gasteiger partial charge is 0.497 e. The summed E-state index contributed by atoms with van der Waals surface area (Å²) >= 11 is 0. The van der Waals surface area contributed by atoms with Crippen molar-refractivity contribution in [3.8, 4) is 11.5 Å². The second-order valence-electron chi connectivity index (χ2n) is 14.3. The molecule has 0 spiro atoms. The number of rotatable bonds is 24. The highest BCUT2D eigenvalue weighted by atomic mass is 16.6. The molecule has 0 aliphatic rings. The fraction of sp³-hybridized carbons (Fsp3) is 0.422. The van der Waals surface area contributed by atoms with Crippen LogP contribution < -0.4 is 19.3 Å². The number of carbonyl (C=O) groups excluding carboxylic acids is 2. The molecule has 0 aliphatic carbocycles. The van der Waals surface area contributed by atoms with Crippen LogP contribution in [0.2, 0.25) is 0 Å². The number of anilines is 2. The van der Waals surface area contributed by atoms with Gasteiger partial charge in [-0.3, -0.25) is 9.80 Å². The molecule has 4 rings (SSSR count). The first-order valence-electron chi connectivity index (χ1n) is 19.5. The molecule has 0 saturated carbocycles. The van der Waals surface area contributed by atoms with Crippen molar-refractivity contribution in [3.05, 3.63) is 119 Å². The summed E-state index contributed by atoms with van der Waals surface area (Å²) in [6, 6.07) is 31.6. The average molecular weight is 800 g/mol. The van der Waals surface area contributed by atoms with E-state index < -0.39 is 12.2 Å². The molecule has 0 fully saturated rings. The Balaban J connectivity index is 1.12. The number of hydrogen-bond donors (Lipinski definition) is 0. The maximum atomic E-state index is 13.2. The normalized spacial score (nSPS) is 10.9. The first-order valence-corrected chi connectivity index (χ1v) is 19.5. The monoisotopic (exact) mass is 799 g/mol. The van der Waals surface area contributed by atoms with E-state index in [1.807, 2.05) is 142 Å². The van der Waals surface area contributed by atoms with Gasteiger partial charge in [0.1, 0.15) is 24.7 Å². The number of methoxy groups -OCH3 is 2. The SMILES string of the molecule is COc1ccc(CN(Cc2ccc(N(C)C)cc2)C(=O)OCCOCCN(C)CCOCCOC(=O)N(Cc2ccc(OC)cc2)Cc2ccc(N(C)C)cc2)cc1. The van der Waals surface area contributed by atoms with Crippen molar-refractivity contribution in [1.29, 1.82) is 0 Å². The summed E-state index contributed by atoms with van der Waals surface area (Å²) in [5.74, 6) is 1.52. The predicted octanol–water partition coefficient (Wildman–Crippen LogP) is 6.78. The molecule has 0 aliphatic heterocycles. The predicted molar refractivity (Wildman–Crippen MR) is 228 cm³/mol. The molecule has 0 bridgehead atoms. The highest BCUT2D eigenvalue weighted by molar-refractivity contribution is 5.68. The van der Waals surface area contributed by atoms with Crippen molar-refractivity contribution in [1.82, 2.24) is 14.7 Å². The van der Waals surface area contributed by atoms with E-state index in [-0.39, 0.29) is 26.4 Å². The van der Waals surface area contributed by atoms with Gasteiger partial charge in [0.15, 0.2) is 0 Å². The highest BCUT2D eigenvalue weighted by Crippen LogP contribution is 2.20. The highest BCUT2D eigenvalue weighted by Gasteiger charge is 2.18. The van der Waals surface area contributed by atoms with Crippen molar-refractivity contribution >= 4 is 23.6 Å². The summed E-state index contributed by atoms with van der Waals surface area (Å²) in [5, 5.41) is 0. The van der Waals surface area contributed by atoms with Crippen LogP contribution >= 0.6 is 0 Å². The molecule has 58 heavy (non-hydrogen) atoms. The second-order valence-corrected chi connectivity index (χ2v) is 14.3. The van der Waals surface area contributed by atoms with E-state index in [0.29, 0.717) is 52.5 Å². The smallest absolute Gasteiger partial charge is 0.410 e. The van der Waals surface area contributed by atoms with E-state index in [4.69, 9.17) is 28.4 Å². The second kappa shape index (κ2) is 24.3. The number of hydrogen-bond acceptors (Lipinski definition) is 11. The van der Waals surface area contributed by atoms with Crippen LogP contribution in [0.1, 0.15) is 22.3 Å². The molecule has 0 radical (unpaired) electrons. The summed E-state index contributed by atoms with van der Waals surface area (Å²) in [6.45, 7) is 4.75. The fourth-order valence-electron chi connectivity index (χ4n) is 5.83. The van der Waals surface area contributed by atoms with Crippen molar-refractivity contribution in [2.45, 2.75) is 26.2 Å². The van der Waals surface area contributed by atoms with E-state index in [2.05, 4.69) is 4.90 Å². The summed E-state index contributed by atoms with van der Waals surface area (Å²) in [6.07, 6.45) is -0.813. The lowest BCUT2D eigenvalue weighted by molar-refractivity contribution is 0.0350. The van der Waals surface area contributed by atoms with Gasteiger partial charge < -0.3 is 43.1 Å². The molecule has 13 heteroatoms. The minimum Gasteiger partial charge on any atom is -0.497 e. The third-order valence-corrected chi connectivity index (χ3v) is 9.37. The van der Waals surface area contributed by atoms with Gasteiger partial charge >= 0.3 is 12.2 Å². The number of benzene rings is 4. The van der Waals surface area contributed by atoms with Crippen LogP contribution in [-0.2, 0) is 45.1 Å². The van der Waals surface area contributed by atoms with Crippen LogP contribution in [0.5, 0.6) is 11.5 Å². The number of likely N-dealkylation sites (N-methyl/N-ethyl adjacent to an activating group) is 1. The van der Waals surface area contributed by atoms with Gasteiger partial charge in [0.2, 0.25) is 0 Å². The van der Waals surface area contributed by atoms with Crippen LogP contribution in [-0.4, -0.2) is 129 Å². The van der Waals surface area contributed by atoms with Gasteiger partial charge in [-0.25, -0.2) is 9.59 Å². The Morgan fingerprint density at radius 2 is 0.741 bits per heavy atom. The summed E-state index contributed by atoms with van der Waals surface area (Å²) < 4.78 is 33.4. The van der Waals surface area contributed by atoms with Gasteiger partial charge in [0.25, 0.3) is 0 Å². The lowest BCUT2D eigenvalue weighted by Crippen LogP contribution is -2.32. The molecular formula is C45H61N5O8. The van der Waals surface area contributed by atoms with Crippen LogP contribution in [0.3, 0.4) is 0 Å². The number of carbonyl (C=O) groups is 2. The van der Waals surface area contributed by atoms with E-state index in [1.54, 1.807) is 24.0 Å². The fourth-order valence-corrected chi connectivity index (χ4v) is 5.83. The molecule has 13 nitrogen and oxygen atoms in total. The molecule has 0 unspecified atom stereocenters. The van der Waals surface area contributed by atoms with Crippen LogP contribution in [0.4, 0.5) is 21.0 Å². The number of ether oxygens (including phenoxy) is 6. The molecule has 4 aromatic carbocycles. The molecule has 0 saturated heterocycles. The van der Waals surface area contributed by atoms with Gasteiger partial charge in [-0.2, -0.15) is 0 Å². The summed E-state index contributed by atoms with van der Waals surface area (Å²) in [5.41, 5.74) is 6.12. The number of amides is 2. The maximum absolute atomic E-state index is 13.2. The van der Waals surface area contributed by atoms with E-state index in [1.165, 1.54) is 0 Å². The quantitative estimate of drug-likeness (QED) is 0.0701. The zero-order chi connectivity index (χ0) is 41.7. The minimum atomic E-state index is -0.407. The van der Waals surface area contributed by atoms with E-state index >= 15 is 0 Å². The zero-order valence-electron chi connectivity index (χ0n) is 35.2. The van der Waals surface area contributed by atoms with Gasteiger partial charge in [-0.15, -0.1) is 0 Å². The van der Waals surface area contributed by atoms with Crippen LogP contribution in [0, 0.1) is 0 Å². The summed E-state index contributed by atoms with van der Waals surface area (Å²) in [7, 11) is 13.2. The molecule has 314 valence electrons. The Hall–Kier alpha value is -5.50. The molecule has 0 heterocycles. The van der Waals surface area contributed by atoms with Crippen molar-refractivity contribution in [2.24, 2.45) is 0 Å². The summed E-state index contributed by atoms with van der Waals surface area (Å²) in [4.78, 5) is 36.0. The van der Waals surface area contributed by atoms with E-state index in [9.17, 15) is 9.59 Å². The first-order chi connectivity index (χ1) is 28.0. The lowest BCUT2D eigenvalue weighted by atomic mass is 10.1. The van der Waals surface area contributed by atoms with Gasteiger partial charge in [-0.05, 0) is 77.8 Å². The molecular weight excluding hydrogens is 739 g/mol. The average Bonchev–Trinajstić information content (AvgIpc) is 3.23. The Kier molecular flexibility index (Phi) is 18.9. The van der Waals surface area contributed by atoms with Crippen molar-refractivity contribution < 1.29 is 38.0 Å². The Morgan fingerprint density at radius 3 is 1.03 bits per heavy atom. The van der Waals surface area contributed by atoms with Gasteiger partial charge in [-0.1, -0.05) is 48.5 Å². The lowest BCUT2D eigenvalue weighted by Gasteiger charge is -2.23. The van der Waals surface area contributed by atoms with Gasteiger partial charge in [0.05, 0.1) is 40.6 Å². The maximum Gasteiger partial charge on any atom is 0.410 e.